The van der Waals surface area contributed by atoms with Gasteiger partial charge in [0.15, 0.2) is 0 Å². The van der Waals surface area contributed by atoms with Crippen LogP contribution in [-0.4, -0.2) is 58.1 Å². The van der Waals surface area contributed by atoms with E-state index in [-0.39, 0.29) is 6.42 Å². The second-order valence-corrected chi connectivity index (χ2v) is 12.2. The van der Waals surface area contributed by atoms with Crippen LogP contribution in [0.4, 0.5) is 0 Å². The molecule has 0 radical (unpaired) electrons. The minimum Gasteiger partial charge on any atom is -0.497 e. The molecule has 0 saturated heterocycles. The van der Waals surface area contributed by atoms with Crippen molar-refractivity contribution in [3.8, 4) is 17.2 Å². The summed E-state index contributed by atoms with van der Waals surface area (Å²) in [6.45, 7) is 2.16. The number of unbranched alkanes of at least 4 members (excludes halogenated alkanes) is 8. The van der Waals surface area contributed by atoms with Gasteiger partial charge in [-0.1, -0.05) is 69.7 Å². The standard InChI is InChI=1S/C38H51NO10/c1-3-4-5-8-11-14-28(40)15-12-9-6-7-10-13-16-32(33(37(44)45)26-35(41)42)36(43)39-34(38(46)47)25-27-17-19-30(20-18-27)49-31-23-21-29(48-2)22-24-31/h13,16-24,32-34H,3-12,14-15,25-26H2,1-2H3,(H,39,43)(H,41,42)(H,44,45)(H,46,47)/b16-13+/t32-,33?,34-/m0/s1. The first-order valence-corrected chi connectivity index (χ1v) is 17.1. The highest BCUT2D eigenvalue weighted by Crippen LogP contribution is 2.25. The van der Waals surface area contributed by atoms with Crippen molar-refractivity contribution in [2.45, 2.75) is 103 Å². The molecular weight excluding hydrogens is 630 g/mol. The zero-order valence-electron chi connectivity index (χ0n) is 28.6. The summed E-state index contributed by atoms with van der Waals surface area (Å²) in [4.78, 5) is 61.0. The molecule has 49 heavy (non-hydrogen) atoms. The SMILES string of the molecule is CCCCCCCC(=O)CCCCCC/C=C/[C@H](C(=O)N[C@@H](Cc1ccc(Oc2ccc(OC)cc2)cc1)C(=O)O)C(CC(=O)O)C(=O)O. The number of carbonyl (C=O) groups is 5. The third-order valence-electron chi connectivity index (χ3n) is 8.20. The third kappa shape index (κ3) is 16.3. The maximum Gasteiger partial charge on any atom is 0.326 e. The highest BCUT2D eigenvalue weighted by atomic mass is 16.5. The van der Waals surface area contributed by atoms with Crippen molar-refractivity contribution in [1.82, 2.24) is 5.32 Å². The maximum absolute atomic E-state index is 13.3. The van der Waals surface area contributed by atoms with Crippen molar-refractivity contribution >= 4 is 29.6 Å². The molecule has 3 atom stereocenters. The molecule has 4 N–H and O–H groups in total. The van der Waals surface area contributed by atoms with E-state index < -0.39 is 48.1 Å². The number of aliphatic carboxylic acids is 3. The normalized spacial score (nSPS) is 12.9. The zero-order chi connectivity index (χ0) is 36.0. The molecule has 0 aliphatic heterocycles. The maximum atomic E-state index is 13.3. The third-order valence-corrected chi connectivity index (χ3v) is 8.20. The zero-order valence-corrected chi connectivity index (χ0v) is 28.6. The molecule has 0 spiro atoms. The Morgan fingerprint density at radius 3 is 1.82 bits per heavy atom. The summed E-state index contributed by atoms with van der Waals surface area (Å²) in [6, 6.07) is 12.2. The van der Waals surface area contributed by atoms with Crippen LogP contribution in [0.5, 0.6) is 17.2 Å². The Kier molecular flexibility index (Phi) is 18.9. The van der Waals surface area contributed by atoms with Crippen molar-refractivity contribution in [3.63, 3.8) is 0 Å². The predicted octanol–water partition coefficient (Wildman–Crippen LogP) is 7.22. The van der Waals surface area contributed by atoms with Crippen LogP contribution in [0.15, 0.2) is 60.7 Å². The summed E-state index contributed by atoms with van der Waals surface area (Å²) >= 11 is 0. The number of allylic oxidation sites excluding steroid dienone is 1. The van der Waals surface area contributed by atoms with Crippen LogP contribution in [0.2, 0.25) is 0 Å². The van der Waals surface area contributed by atoms with Crippen LogP contribution in [0.1, 0.15) is 96.0 Å². The molecule has 0 saturated carbocycles. The number of carboxylic acid groups (broad SMARTS) is 3. The van der Waals surface area contributed by atoms with Crippen molar-refractivity contribution < 1.29 is 48.8 Å². The van der Waals surface area contributed by atoms with Crippen molar-refractivity contribution in [2.75, 3.05) is 7.11 Å². The van der Waals surface area contributed by atoms with Crippen molar-refractivity contribution in [2.24, 2.45) is 11.8 Å². The Bertz CT molecular complexity index is 1350. The number of methoxy groups -OCH3 is 1. The van der Waals surface area contributed by atoms with Gasteiger partial charge >= 0.3 is 17.9 Å². The molecule has 0 fully saturated rings. The number of hydrogen-bond acceptors (Lipinski definition) is 7. The summed E-state index contributed by atoms with van der Waals surface area (Å²) in [5, 5.41) is 31.4. The largest absolute Gasteiger partial charge is 0.497 e. The van der Waals surface area contributed by atoms with Gasteiger partial charge in [-0.25, -0.2) is 4.79 Å². The number of amides is 1. The minimum atomic E-state index is -1.59. The minimum absolute atomic E-state index is 0.0989. The number of ether oxygens (including phenoxy) is 2. The van der Waals surface area contributed by atoms with Gasteiger partial charge in [0.2, 0.25) is 5.91 Å². The summed E-state index contributed by atoms with van der Waals surface area (Å²) in [5.41, 5.74) is 0.580. The van der Waals surface area contributed by atoms with Crippen LogP contribution in [0.25, 0.3) is 0 Å². The molecule has 11 nitrogen and oxygen atoms in total. The van der Waals surface area contributed by atoms with E-state index in [1.54, 1.807) is 61.7 Å². The second-order valence-electron chi connectivity index (χ2n) is 12.2. The number of ketones is 1. The van der Waals surface area contributed by atoms with Gasteiger partial charge in [-0.15, -0.1) is 0 Å². The van der Waals surface area contributed by atoms with E-state index in [9.17, 15) is 39.3 Å². The molecule has 2 aromatic rings. The fourth-order valence-corrected chi connectivity index (χ4v) is 5.37. The topological polar surface area (TPSA) is 177 Å². The molecule has 0 heterocycles. The molecule has 0 aromatic heterocycles. The molecule has 0 aliphatic rings. The monoisotopic (exact) mass is 681 g/mol. The first-order chi connectivity index (χ1) is 23.5. The molecule has 0 aliphatic carbocycles. The van der Waals surface area contributed by atoms with Crippen LogP contribution >= 0.6 is 0 Å². The fourth-order valence-electron chi connectivity index (χ4n) is 5.37. The van der Waals surface area contributed by atoms with Gasteiger partial charge in [0.05, 0.1) is 25.4 Å². The Hall–Kier alpha value is -4.67. The van der Waals surface area contributed by atoms with Crippen molar-refractivity contribution in [1.29, 1.82) is 0 Å². The highest BCUT2D eigenvalue weighted by Gasteiger charge is 2.35. The molecule has 2 aromatic carbocycles. The molecular formula is C38H51NO10. The smallest absolute Gasteiger partial charge is 0.326 e. The van der Waals surface area contributed by atoms with Crippen LogP contribution in [0, 0.1) is 11.8 Å². The lowest BCUT2D eigenvalue weighted by molar-refractivity contribution is -0.152. The second kappa shape index (κ2) is 22.8. The summed E-state index contributed by atoms with van der Waals surface area (Å²) in [7, 11) is 1.56. The number of carboxylic acids is 3. The summed E-state index contributed by atoms with van der Waals surface area (Å²) in [5.74, 6) is -6.00. The summed E-state index contributed by atoms with van der Waals surface area (Å²) in [6.07, 6.45) is 12.6. The van der Waals surface area contributed by atoms with E-state index in [2.05, 4.69) is 12.2 Å². The van der Waals surface area contributed by atoms with Crippen molar-refractivity contribution in [3.05, 3.63) is 66.2 Å². The predicted molar refractivity (Wildman–Crippen MR) is 185 cm³/mol. The first-order valence-electron chi connectivity index (χ1n) is 17.1. The molecule has 268 valence electrons. The Morgan fingerprint density at radius 2 is 1.29 bits per heavy atom. The number of benzene rings is 2. The first kappa shape index (κ1) is 40.5. The van der Waals surface area contributed by atoms with Gasteiger partial charge < -0.3 is 30.1 Å². The van der Waals surface area contributed by atoms with Gasteiger partial charge in [-0.2, -0.15) is 0 Å². The average molecular weight is 682 g/mol. The molecule has 11 heteroatoms. The molecule has 2 rings (SSSR count). The molecule has 1 unspecified atom stereocenters. The van der Waals surface area contributed by atoms with Gasteiger partial charge in [0.25, 0.3) is 0 Å². The van der Waals surface area contributed by atoms with Gasteiger partial charge in [0.1, 0.15) is 29.1 Å². The van der Waals surface area contributed by atoms with Crippen LogP contribution in [-0.2, 0) is 30.4 Å². The molecule has 1 amide bonds. The number of hydrogen-bond donors (Lipinski definition) is 4. The molecule has 0 bridgehead atoms. The van der Waals surface area contributed by atoms with Gasteiger partial charge in [0, 0.05) is 19.3 Å². The Morgan fingerprint density at radius 1 is 0.735 bits per heavy atom. The van der Waals surface area contributed by atoms with E-state index >= 15 is 0 Å². The van der Waals surface area contributed by atoms with Crippen LogP contribution in [0.3, 0.4) is 0 Å². The summed E-state index contributed by atoms with van der Waals surface area (Å²) < 4.78 is 10.9. The lowest BCUT2D eigenvalue weighted by atomic mass is 9.87. The van der Waals surface area contributed by atoms with E-state index in [1.165, 1.54) is 25.3 Å². The Balaban J connectivity index is 1.95. The Labute approximate surface area is 288 Å². The number of nitrogens with one attached hydrogen (secondary N) is 1. The number of rotatable bonds is 26. The number of carbonyl (C=O) groups excluding carboxylic acids is 2. The lowest BCUT2D eigenvalue weighted by Gasteiger charge is -2.22. The highest BCUT2D eigenvalue weighted by molar-refractivity contribution is 5.91. The van der Waals surface area contributed by atoms with E-state index in [0.717, 1.165) is 38.5 Å². The fraction of sp³-hybridized carbons (Fsp3) is 0.500. The van der Waals surface area contributed by atoms with Crippen LogP contribution < -0.4 is 14.8 Å². The van der Waals surface area contributed by atoms with Gasteiger partial charge in [-0.05, 0) is 67.6 Å². The van der Waals surface area contributed by atoms with E-state index in [4.69, 9.17) is 9.47 Å². The quantitative estimate of drug-likeness (QED) is 0.0586. The lowest BCUT2D eigenvalue weighted by Crippen LogP contribution is -2.47. The van der Waals surface area contributed by atoms with E-state index in [0.29, 0.717) is 47.9 Å². The number of Topliss-reactive ketones (excluding diaryl/α,β-unsaturated/α-hetero) is 1. The van der Waals surface area contributed by atoms with E-state index in [1.807, 2.05) is 0 Å². The average Bonchev–Trinajstić information content (AvgIpc) is 3.07. The van der Waals surface area contributed by atoms with Gasteiger partial charge in [-0.3, -0.25) is 19.2 Å².